The third kappa shape index (κ3) is 4.78. The van der Waals surface area contributed by atoms with Crippen LogP contribution in [0.1, 0.15) is 55.0 Å². The first-order valence-corrected chi connectivity index (χ1v) is 11.7. The second kappa shape index (κ2) is 9.29. The summed E-state index contributed by atoms with van der Waals surface area (Å²) in [4.78, 5) is 36.9. The maximum Gasteiger partial charge on any atom is 0.270 e. The maximum atomic E-state index is 13.4. The minimum Gasteiger partial charge on any atom is -0.347 e. The molecule has 0 fully saturated rings. The summed E-state index contributed by atoms with van der Waals surface area (Å²) in [6.07, 6.45) is 2.79. The molecule has 1 aliphatic rings. The Balaban J connectivity index is 1.24. The molecule has 0 saturated heterocycles. The highest BCUT2D eigenvalue weighted by molar-refractivity contribution is 7.15. The first-order valence-electron chi connectivity index (χ1n) is 10.9. The summed E-state index contributed by atoms with van der Waals surface area (Å²) in [7, 11) is 1.71. The molecule has 2 amide bonds. The van der Waals surface area contributed by atoms with E-state index in [4.69, 9.17) is 0 Å². The molecular weight excluding hydrogens is 471 g/mol. The molecule has 12 heteroatoms. The molecule has 0 unspecified atom stereocenters. The van der Waals surface area contributed by atoms with Crippen molar-refractivity contribution in [2.24, 2.45) is 7.05 Å². The molecule has 10 nitrogen and oxygen atoms in total. The number of aromatic nitrogens is 6. The van der Waals surface area contributed by atoms with Gasteiger partial charge in [-0.1, -0.05) is 12.1 Å². The van der Waals surface area contributed by atoms with Gasteiger partial charge in [-0.3, -0.25) is 9.59 Å². The summed E-state index contributed by atoms with van der Waals surface area (Å²) < 4.78 is 13.4. The molecule has 2 N–H and O–H groups in total. The second-order valence-corrected chi connectivity index (χ2v) is 9.31. The van der Waals surface area contributed by atoms with Gasteiger partial charge in [0.25, 0.3) is 11.8 Å². The molecule has 0 radical (unpaired) electrons. The quantitative estimate of drug-likeness (QED) is 0.423. The number of thiophene rings is 1. The fraction of sp³-hybridized carbons (Fsp3) is 0.261. The molecule has 0 saturated carbocycles. The highest BCUT2D eigenvalue weighted by atomic mass is 32.1. The van der Waals surface area contributed by atoms with E-state index >= 15 is 0 Å². The standard InChI is InChI=1S/C23H21FN8O2S/c1-12-7-13(3-5-15(12)24)10-25-22(33)17-9-18(27-11-26-17)23(34)28-16-6-4-14-8-19(35-20(14)16)21-29-31-32(2)30-21/h3,5,7-9,11,16H,4,6,10H2,1-2H3,(H,25,33)(H,28,34)/t16-/m0/s1. The van der Waals surface area contributed by atoms with Crippen LogP contribution >= 0.6 is 11.3 Å². The van der Waals surface area contributed by atoms with Crippen LogP contribution in [0.2, 0.25) is 0 Å². The summed E-state index contributed by atoms with van der Waals surface area (Å²) in [6, 6.07) is 7.87. The number of carbonyl (C=O) groups excluding carboxylic acids is 2. The molecule has 4 aromatic rings. The monoisotopic (exact) mass is 492 g/mol. The fourth-order valence-corrected chi connectivity index (χ4v) is 5.14. The summed E-state index contributed by atoms with van der Waals surface area (Å²) >= 11 is 1.53. The minimum atomic E-state index is -0.453. The van der Waals surface area contributed by atoms with Gasteiger partial charge in [0, 0.05) is 17.5 Å². The smallest absolute Gasteiger partial charge is 0.270 e. The van der Waals surface area contributed by atoms with E-state index in [9.17, 15) is 14.0 Å². The number of halogens is 1. The summed E-state index contributed by atoms with van der Waals surface area (Å²) in [5, 5.41) is 17.9. The molecular formula is C23H21FN8O2S. The van der Waals surface area contributed by atoms with Crippen molar-refractivity contribution in [2.45, 2.75) is 32.4 Å². The third-order valence-electron chi connectivity index (χ3n) is 5.70. The number of fused-ring (bicyclic) bond motifs is 1. The SMILES string of the molecule is Cc1cc(CNC(=O)c2cc(C(=O)N[C@H]3CCc4cc(-c5nnn(C)n5)sc43)ncn2)ccc1F. The van der Waals surface area contributed by atoms with Gasteiger partial charge in [0.15, 0.2) is 0 Å². The van der Waals surface area contributed by atoms with Crippen LogP contribution in [0.25, 0.3) is 10.7 Å². The summed E-state index contributed by atoms with van der Waals surface area (Å²) in [5.74, 6) is -0.587. The van der Waals surface area contributed by atoms with Gasteiger partial charge in [-0.25, -0.2) is 14.4 Å². The Bertz CT molecular complexity index is 1430. The number of rotatable bonds is 6. The number of aryl methyl sites for hydroxylation is 3. The lowest BCUT2D eigenvalue weighted by Crippen LogP contribution is -2.29. The third-order valence-corrected chi connectivity index (χ3v) is 6.99. The summed E-state index contributed by atoms with van der Waals surface area (Å²) in [5.41, 5.74) is 2.58. The fourth-order valence-electron chi connectivity index (χ4n) is 3.92. The molecule has 5 rings (SSSR count). The van der Waals surface area contributed by atoms with Crippen LogP contribution in [0.15, 0.2) is 36.7 Å². The van der Waals surface area contributed by atoms with Crippen LogP contribution in [0.5, 0.6) is 0 Å². The second-order valence-electron chi connectivity index (χ2n) is 8.22. The number of nitrogens with one attached hydrogen (secondary N) is 2. The maximum absolute atomic E-state index is 13.4. The van der Waals surface area contributed by atoms with Gasteiger partial charge in [0.05, 0.1) is 18.0 Å². The van der Waals surface area contributed by atoms with E-state index in [1.807, 2.05) is 6.07 Å². The first-order chi connectivity index (χ1) is 16.9. The Morgan fingerprint density at radius 2 is 1.97 bits per heavy atom. The van der Waals surface area contributed by atoms with Crippen molar-refractivity contribution in [1.29, 1.82) is 0 Å². The van der Waals surface area contributed by atoms with Crippen molar-refractivity contribution >= 4 is 23.2 Å². The number of hydrogen-bond donors (Lipinski definition) is 2. The van der Waals surface area contributed by atoms with Crippen LogP contribution < -0.4 is 10.6 Å². The molecule has 0 spiro atoms. The lowest BCUT2D eigenvalue weighted by Gasteiger charge is -2.12. The molecule has 35 heavy (non-hydrogen) atoms. The number of nitrogens with zero attached hydrogens (tertiary/aromatic N) is 6. The van der Waals surface area contributed by atoms with Gasteiger partial charge < -0.3 is 10.6 Å². The zero-order chi connectivity index (χ0) is 24.5. The molecule has 0 bridgehead atoms. The van der Waals surface area contributed by atoms with Crippen molar-refractivity contribution in [1.82, 2.24) is 40.8 Å². The zero-order valence-electron chi connectivity index (χ0n) is 18.9. The van der Waals surface area contributed by atoms with E-state index in [0.29, 0.717) is 11.4 Å². The average molecular weight is 493 g/mol. The predicted octanol–water partition coefficient (Wildman–Crippen LogP) is 2.52. The highest BCUT2D eigenvalue weighted by Crippen LogP contribution is 2.40. The van der Waals surface area contributed by atoms with Crippen molar-refractivity contribution < 1.29 is 14.0 Å². The van der Waals surface area contributed by atoms with Crippen molar-refractivity contribution in [2.75, 3.05) is 0 Å². The highest BCUT2D eigenvalue weighted by Gasteiger charge is 2.29. The van der Waals surface area contributed by atoms with E-state index in [2.05, 4.69) is 36.0 Å². The van der Waals surface area contributed by atoms with E-state index in [0.717, 1.165) is 33.7 Å². The molecule has 1 aromatic carbocycles. The number of tetrazole rings is 1. The van der Waals surface area contributed by atoms with E-state index in [-0.39, 0.29) is 35.7 Å². The zero-order valence-corrected chi connectivity index (χ0v) is 19.8. The molecule has 3 aromatic heterocycles. The Kier molecular flexibility index (Phi) is 6.03. The van der Waals surface area contributed by atoms with Gasteiger partial charge in [-0.2, -0.15) is 4.80 Å². The van der Waals surface area contributed by atoms with E-state index in [1.54, 1.807) is 26.1 Å². The van der Waals surface area contributed by atoms with Gasteiger partial charge >= 0.3 is 0 Å². The molecule has 1 atom stereocenters. The van der Waals surface area contributed by atoms with Crippen LogP contribution in [0.3, 0.4) is 0 Å². The topological polar surface area (TPSA) is 128 Å². The van der Waals surface area contributed by atoms with Crippen molar-refractivity contribution in [3.8, 4) is 10.7 Å². The van der Waals surface area contributed by atoms with Crippen LogP contribution in [-0.4, -0.2) is 42.0 Å². The number of amides is 2. The largest absolute Gasteiger partial charge is 0.347 e. The van der Waals surface area contributed by atoms with E-state index < -0.39 is 5.91 Å². The Morgan fingerprint density at radius 3 is 2.71 bits per heavy atom. The minimum absolute atomic E-state index is 0.0724. The van der Waals surface area contributed by atoms with Crippen molar-refractivity contribution in [3.05, 3.63) is 75.4 Å². The first kappa shape index (κ1) is 22.7. The number of hydrogen-bond acceptors (Lipinski definition) is 8. The Morgan fingerprint density at radius 1 is 1.17 bits per heavy atom. The Labute approximate surface area is 203 Å². The average Bonchev–Trinajstić information content (AvgIpc) is 3.56. The van der Waals surface area contributed by atoms with Crippen molar-refractivity contribution in [3.63, 3.8) is 0 Å². The molecule has 3 heterocycles. The number of carbonyl (C=O) groups is 2. The molecule has 178 valence electrons. The van der Waals surface area contributed by atoms with Crippen LogP contribution in [-0.2, 0) is 20.0 Å². The van der Waals surface area contributed by atoms with Crippen LogP contribution in [0, 0.1) is 12.7 Å². The Hall–Kier alpha value is -4.06. The van der Waals surface area contributed by atoms with Gasteiger partial charge in [-0.15, -0.1) is 21.5 Å². The molecule has 0 aliphatic heterocycles. The van der Waals surface area contributed by atoms with E-state index in [1.165, 1.54) is 34.6 Å². The normalized spacial score (nSPS) is 14.5. The van der Waals surface area contributed by atoms with Gasteiger partial charge in [0.2, 0.25) is 5.82 Å². The predicted molar refractivity (Wildman–Crippen MR) is 125 cm³/mol. The lowest BCUT2D eigenvalue weighted by molar-refractivity contribution is 0.0932. The van der Waals surface area contributed by atoms with Gasteiger partial charge in [0.1, 0.15) is 23.5 Å². The number of benzene rings is 1. The van der Waals surface area contributed by atoms with Crippen LogP contribution in [0.4, 0.5) is 4.39 Å². The molecule has 1 aliphatic carbocycles. The lowest BCUT2D eigenvalue weighted by atomic mass is 10.1. The van der Waals surface area contributed by atoms with Gasteiger partial charge in [-0.05, 0) is 53.8 Å². The summed E-state index contributed by atoms with van der Waals surface area (Å²) in [6.45, 7) is 1.87.